The molecule has 0 radical (unpaired) electrons. The van der Waals surface area contributed by atoms with Gasteiger partial charge in [-0.2, -0.15) is 0 Å². The summed E-state index contributed by atoms with van der Waals surface area (Å²) in [4.78, 5) is 2.12. The van der Waals surface area contributed by atoms with Crippen LogP contribution in [-0.2, 0) is 6.42 Å². The van der Waals surface area contributed by atoms with Gasteiger partial charge in [0.05, 0.1) is 6.10 Å². The Balaban J connectivity index is 1.48. The van der Waals surface area contributed by atoms with Gasteiger partial charge in [0.15, 0.2) is 0 Å². The van der Waals surface area contributed by atoms with Crippen LogP contribution in [0.4, 0.5) is 0 Å². The van der Waals surface area contributed by atoms with Crippen LogP contribution in [0, 0.1) is 17.3 Å². The molecule has 0 saturated heterocycles. The van der Waals surface area contributed by atoms with Gasteiger partial charge in [0.25, 0.3) is 0 Å². The van der Waals surface area contributed by atoms with Crippen LogP contribution >= 0.6 is 0 Å². The van der Waals surface area contributed by atoms with Gasteiger partial charge in [-0.3, -0.25) is 0 Å². The summed E-state index contributed by atoms with van der Waals surface area (Å²) in [6.07, 6.45) is 5.05. The third kappa shape index (κ3) is 3.72. The summed E-state index contributed by atoms with van der Waals surface area (Å²) in [7, 11) is 4.11. The fourth-order valence-corrected chi connectivity index (χ4v) is 7.15. The number of aliphatic hydroxyl groups excluding tert-OH is 1. The highest BCUT2D eigenvalue weighted by molar-refractivity contribution is 5.43. The van der Waals surface area contributed by atoms with E-state index in [0.29, 0.717) is 36.0 Å². The Morgan fingerprint density at radius 3 is 2.59 bits per heavy atom. The van der Waals surface area contributed by atoms with Gasteiger partial charge in [-0.1, -0.05) is 25.1 Å². The van der Waals surface area contributed by atoms with E-state index in [2.05, 4.69) is 56.3 Å². The SMILES string of the molecule is CN(C)CCOc1ccc([C@H]2C[C@@]3(C)C(CC[C@@H]3O)C3CCc4cc(O)ccc4C32)cc1. The summed E-state index contributed by atoms with van der Waals surface area (Å²) in [5.74, 6) is 3.27. The van der Waals surface area contributed by atoms with Gasteiger partial charge in [-0.25, -0.2) is 0 Å². The predicted molar refractivity (Wildman–Crippen MR) is 127 cm³/mol. The molecule has 2 aromatic carbocycles. The van der Waals surface area contributed by atoms with E-state index in [0.717, 1.165) is 44.4 Å². The second kappa shape index (κ2) is 8.39. The Morgan fingerprint density at radius 1 is 1.06 bits per heavy atom. The monoisotopic (exact) mass is 435 g/mol. The molecule has 3 aliphatic rings. The Morgan fingerprint density at radius 2 is 1.84 bits per heavy atom. The lowest BCUT2D eigenvalue weighted by Crippen LogP contribution is -2.47. The Labute approximate surface area is 192 Å². The summed E-state index contributed by atoms with van der Waals surface area (Å²) in [6.45, 7) is 3.92. The van der Waals surface area contributed by atoms with E-state index >= 15 is 0 Å². The van der Waals surface area contributed by atoms with E-state index in [1.54, 1.807) is 0 Å². The molecule has 2 N–H and O–H groups in total. The van der Waals surface area contributed by atoms with E-state index in [-0.39, 0.29) is 11.5 Å². The van der Waals surface area contributed by atoms with Crippen molar-refractivity contribution >= 4 is 0 Å². The highest BCUT2D eigenvalue weighted by atomic mass is 16.5. The van der Waals surface area contributed by atoms with Crippen molar-refractivity contribution in [1.29, 1.82) is 0 Å². The maximum Gasteiger partial charge on any atom is 0.119 e. The molecule has 2 saturated carbocycles. The molecule has 2 fully saturated rings. The molecule has 2 aromatic rings. The molecule has 0 bridgehead atoms. The molecule has 4 nitrogen and oxygen atoms in total. The van der Waals surface area contributed by atoms with Crippen LogP contribution < -0.4 is 4.74 Å². The fourth-order valence-electron chi connectivity index (χ4n) is 7.15. The first kappa shape index (κ1) is 21.8. The van der Waals surface area contributed by atoms with Crippen LogP contribution in [-0.4, -0.2) is 48.5 Å². The van der Waals surface area contributed by atoms with Crippen LogP contribution in [0.1, 0.15) is 61.1 Å². The highest BCUT2D eigenvalue weighted by Crippen LogP contribution is 2.65. The molecule has 172 valence electrons. The van der Waals surface area contributed by atoms with Crippen LogP contribution in [0.5, 0.6) is 11.5 Å². The number of hydrogen-bond acceptors (Lipinski definition) is 4. The van der Waals surface area contributed by atoms with Crippen molar-refractivity contribution in [1.82, 2.24) is 4.90 Å². The van der Waals surface area contributed by atoms with Crippen LogP contribution in [0.3, 0.4) is 0 Å². The smallest absolute Gasteiger partial charge is 0.119 e. The second-order valence-electron chi connectivity index (χ2n) is 10.8. The van der Waals surface area contributed by atoms with Crippen molar-refractivity contribution in [3.8, 4) is 11.5 Å². The van der Waals surface area contributed by atoms with Crippen molar-refractivity contribution < 1.29 is 14.9 Å². The van der Waals surface area contributed by atoms with Crippen LogP contribution in [0.25, 0.3) is 0 Å². The number of phenols is 1. The molecule has 32 heavy (non-hydrogen) atoms. The molecule has 5 rings (SSSR count). The molecule has 3 aliphatic carbocycles. The minimum atomic E-state index is -0.203. The van der Waals surface area contributed by atoms with Gasteiger partial charge >= 0.3 is 0 Å². The normalized spacial score (nSPS) is 33.5. The Hall–Kier alpha value is -2.04. The van der Waals surface area contributed by atoms with Crippen molar-refractivity contribution in [3.63, 3.8) is 0 Å². The van der Waals surface area contributed by atoms with E-state index in [9.17, 15) is 10.2 Å². The molecule has 0 amide bonds. The molecule has 3 unspecified atom stereocenters. The maximum atomic E-state index is 11.0. The second-order valence-corrected chi connectivity index (χ2v) is 10.8. The van der Waals surface area contributed by atoms with E-state index in [1.807, 2.05) is 12.1 Å². The standard InChI is InChI=1S/C28H37NO3/c1-28-17-24(18-4-8-21(9-5-18)32-15-14-29(2)3)27-22-11-7-20(30)16-19(22)6-10-23(27)25(28)12-13-26(28)31/h4-5,7-9,11,16,23-27,30-31H,6,10,12-15,17H2,1-3H3/t23?,24-,25?,26+,27?,28+/m1/s1. The Kier molecular flexibility index (Phi) is 5.71. The first-order valence-corrected chi connectivity index (χ1v) is 12.2. The van der Waals surface area contributed by atoms with Gasteiger partial charge in [0.2, 0.25) is 0 Å². The van der Waals surface area contributed by atoms with Gasteiger partial charge in [-0.05, 0) is 116 Å². The molecule has 0 aromatic heterocycles. The van der Waals surface area contributed by atoms with Gasteiger partial charge in [0, 0.05) is 6.54 Å². The van der Waals surface area contributed by atoms with Crippen molar-refractivity contribution in [3.05, 3.63) is 59.2 Å². The fraction of sp³-hybridized carbons (Fsp3) is 0.571. The number of rotatable bonds is 5. The largest absolute Gasteiger partial charge is 0.508 e. The summed E-state index contributed by atoms with van der Waals surface area (Å²) >= 11 is 0. The third-order valence-corrected chi connectivity index (χ3v) is 8.78. The lowest BCUT2D eigenvalue weighted by molar-refractivity contribution is -0.0323. The van der Waals surface area contributed by atoms with Crippen molar-refractivity contribution in [2.45, 2.75) is 57.0 Å². The first-order chi connectivity index (χ1) is 15.4. The summed E-state index contributed by atoms with van der Waals surface area (Å²) in [5.41, 5.74) is 4.06. The molecule has 6 atom stereocenters. The number of aromatic hydroxyl groups is 1. The minimum absolute atomic E-state index is 0.0128. The van der Waals surface area contributed by atoms with Crippen molar-refractivity contribution in [2.24, 2.45) is 17.3 Å². The number of ether oxygens (including phenoxy) is 1. The summed E-state index contributed by atoms with van der Waals surface area (Å²) < 4.78 is 5.93. The molecule has 0 heterocycles. The quantitative estimate of drug-likeness (QED) is 0.698. The number of hydrogen-bond donors (Lipinski definition) is 2. The van der Waals surface area contributed by atoms with E-state index < -0.39 is 0 Å². The van der Waals surface area contributed by atoms with Crippen molar-refractivity contribution in [2.75, 3.05) is 27.2 Å². The summed E-state index contributed by atoms with van der Waals surface area (Å²) in [6, 6.07) is 14.7. The van der Waals surface area contributed by atoms with E-state index in [4.69, 9.17) is 4.74 Å². The average molecular weight is 436 g/mol. The number of likely N-dealkylation sites (N-methyl/N-ethyl adjacent to an activating group) is 1. The topological polar surface area (TPSA) is 52.9 Å². The Bertz CT molecular complexity index is 956. The highest BCUT2D eigenvalue weighted by Gasteiger charge is 2.57. The van der Waals surface area contributed by atoms with Crippen LogP contribution in [0.15, 0.2) is 42.5 Å². The zero-order valence-corrected chi connectivity index (χ0v) is 19.6. The van der Waals surface area contributed by atoms with Crippen LogP contribution in [0.2, 0.25) is 0 Å². The molecule has 0 aliphatic heterocycles. The van der Waals surface area contributed by atoms with Gasteiger partial charge in [0.1, 0.15) is 18.1 Å². The molecule has 0 spiro atoms. The zero-order chi connectivity index (χ0) is 22.5. The lowest BCUT2D eigenvalue weighted by atomic mass is 9.51. The molecule has 4 heteroatoms. The molecular weight excluding hydrogens is 398 g/mol. The average Bonchev–Trinajstić information content (AvgIpc) is 3.07. The zero-order valence-electron chi connectivity index (χ0n) is 19.6. The number of aryl methyl sites for hydroxylation is 1. The van der Waals surface area contributed by atoms with E-state index in [1.165, 1.54) is 16.7 Å². The third-order valence-electron chi connectivity index (χ3n) is 8.78. The molecular formula is C28H37NO3. The maximum absolute atomic E-state index is 11.0. The number of fused-ring (bicyclic) bond motifs is 5. The number of nitrogens with zero attached hydrogens (tertiary/aromatic N) is 1. The lowest BCUT2D eigenvalue weighted by Gasteiger charge is -2.54. The first-order valence-electron chi connectivity index (χ1n) is 12.2. The minimum Gasteiger partial charge on any atom is -0.508 e. The predicted octanol–water partition coefficient (Wildman–Crippen LogP) is 4.94. The number of benzene rings is 2. The van der Waals surface area contributed by atoms with Gasteiger partial charge < -0.3 is 19.8 Å². The number of phenolic OH excluding ortho intramolecular Hbond substituents is 1. The number of aliphatic hydroxyl groups is 1. The van der Waals surface area contributed by atoms with Gasteiger partial charge in [-0.15, -0.1) is 0 Å². The summed E-state index contributed by atoms with van der Waals surface area (Å²) in [5, 5.41) is 21.1.